The first-order valence-corrected chi connectivity index (χ1v) is 6.14. The number of pyridine rings is 1. The predicted molar refractivity (Wildman–Crippen MR) is 71.2 cm³/mol. The van der Waals surface area contributed by atoms with Gasteiger partial charge in [0, 0.05) is 18.6 Å². The molecule has 1 amide bonds. The second-order valence-corrected chi connectivity index (χ2v) is 4.17. The molecule has 0 radical (unpaired) electrons. The summed E-state index contributed by atoms with van der Waals surface area (Å²) < 4.78 is 1.94. The Kier molecular flexibility index (Phi) is 4.12. The minimum Gasteiger partial charge on any atom is -0.342 e. The molecule has 94 valence electrons. The van der Waals surface area contributed by atoms with Crippen LogP contribution in [-0.4, -0.2) is 15.5 Å². The Morgan fingerprint density at radius 1 is 1.39 bits per heavy atom. The van der Waals surface area contributed by atoms with E-state index in [1.165, 1.54) is 0 Å². The smallest absolute Gasteiger partial charge is 0.247 e. The lowest BCUT2D eigenvalue weighted by atomic mass is 10.1. The van der Waals surface area contributed by atoms with Crippen LogP contribution in [0.5, 0.6) is 0 Å². The van der Waals surface area contributed by atoms with Crippen LogP contribution in [0, 0.1) is 0 Å². The maximum Gasteiger partial charge on any atom is 0.247 e. The van der Waals surface area contributed by atoms with Crippen LogP contribution in [0.25, 0.3) is 0 Å². The summed E-state index contributed by atoms with van der Waals surface area (Å²) in [5.41, 5.74) is 0.732. The fraction of sp³-hybridized carbons (Fsp3) is 0.286. The van der Waals surface area contributed by atoms with E-state index >= 15 is 0 Å². The third-order valence-electron chi connectivity index (χ3n) is 2.78. The average Bonchev–Trinajstić information content (AvgIpc) is 2.90. The highest BCUT2D eigenvalue weighted by Crippen LogP contribution is 2.16. The third-order valence-corrected chi connectivity index (χ3v) is 2.78. The van der Waals surface area contributed by atoms with Crippen LogP contribution in [-0.2, 0) is 4.79 Å². The van der Waals surface area contributed by atoms with Gasteiger partial charge in [-0.25, -0.2) is 0 Å². The van der Waals surface area contributed by atoms with Crippen LogP contribution in [0.3, 0.4) is 0 Å². The predicted octanol–water partition coefficient (Wildman–Crippen LogP) is 2.86. The van der Waals surface area contributed by atoms with Gasteiger partial charge < -0.3 is 9.88 Å². The molecule has 2 aromatic rings. The molecule has 0 saturated heterocycles. The second kappa shape index (κ2) is 6.00. The van der Waals surface area contributed by atoms with Gasteiger partial charge >= 0.3 is 0 Å². The standard InChI is InChI=1S/C14H17N3O/c1-2-6-13(17-9-3-4-10-17)14(18)16-12-7-5-8-15-11-12/h3-5,7-11,13H,2,6H2,1H3,(H,16,18). The van der Waals surface area contributed by atoms with Crippen molar-refractivity contribution in [2.45, 2.75) is 25.8 Å². The molecular weight excluding hydrogens is 226 g/mol. The second-order valence-electron chi connectivity index (χ2n) is 4.17. The highest BCUT2D eigenvalue weighted by molar-refractivity contribution is 5.93. The van der Waals surface area contributed by atoms with Gasteiger partial charge in [0.25, 0.3) is 0 Å². The van der Waals surface area contributed by atoms with Gasteiger partial charge in [0.05, 0.1) is 11.9 Å². The van der Waals surface area contributed by atoms with Crippen molar-refractivity contribution < 1.29 is 4.79 Å². The molecule has 18 heavy (non-hydrogen) atoms. The van der Waals surface area contributed by atoms with Gasteiger partial charge in [-0.3, -0.25) is 9.78 Å². The van der Waals surface area contributed by atoms with E-state index in [-0.39, 0.29) is 11.9 Å². The van der Waals surface area contributed by atoms with Crippen molar-refractivity contribution >= 4 is 11.6 Å². The van der Waals surface area contributed by atoms with Crippen LogP contribution >= 0.6 is 0 Å². The fourth-order valence-electron chi connectivity index (χ4n) is 1.91. The fourth-order valence-corrected chi connectivity index (χ4v) is 1.91. The molecule has 1 unspecified atom stereocenters. The van der Waals surface area contributed by atoms with E-state index in [9.17, 15) is 4.79 Å². The van der Waals surface area contributed by atoms with E-state index in [0.717, 1.165) is 18.5 Å². The molecule has 0 bridgehead atoms. The largest absolute Gasteiger partial charge is 0.342 e. The summed E-state index contributed by atoms with van der Waals surface area (Å²) in [5, 5.41) is 2.89. The molecule has 4 nitrogen and oxygen atoms in total. The van der Waals surface area contributed by atoms with Gasteiger partial charge in [-0.15, -0.1) is 0 Å². The number of nitrogens with zero attached hydrogens (tertiary/aromatic N) is 2. The van der Waals surface area contributed by atoms with Crippen LogP contribution < -0.4 is 5.32 Å². The van der Waals surface area contributed by atoms with Crippen molar-refractivity contribution in [2.75, 3.05) is 5.32 Å². The first-order chi connectivity index (χ1) is 8.81. The van der Waals surface area contributed by atoms with Gasteiger partial charge in [-0.1, -0.05) is 13.3 Å². The van der Waals surface area contributed by atoms with Crippen molar-refractivity contribution in [3.63, 3.8) is 0 Å². The molecule has 0 aliphatic carbocycles. The summed E-state index contributed by atoms with van der Waals surface area (Å²) >= 11 is 0. The summed E-state index contributed by atoms with van der Waals surface area (Å²) in [5.74, 6) is 0.000972. The highest BCUT2D eigenvalue weighted by Gasteiger charge is 2.18. The van der Waals surface area contributed by atoms with Crippen LogP contribution in [0.4, 0.5) is 5.69 Å². The van der Waals surface area contributed by atoms with Crippen LogP contribution in [0.15, 0.2) is 49.1 Å². The Morgan fingerprint density at radius 2 is 2.17 bits per heavy atom. The first-order valence-electron chi connectivity index (χ1n) is 6.14. The third kappa shape index (κ3) is 2.97. The molecule has 0 aromatic carbocycles. The van der Waals surface area contributed by atoms with E-state index in [1.54, 1.807) is 18.5 Å². The Bertz CT molecular complexity index is 479. The number of anilines is 1. The Hall–Kier alpha value is -2.10. The summed E-state index contributed by atoms with van der Waals surface area (Å²) in [6, 6.07) is 7.34. The lowest BCUT2D eigenvalue weighted by Crippen LogP contribution is -2.25. The zero-order valence-electron chi connectivity index (χ0n) is 10.4. The molecule has 1 atom stereocenters. The molecule has 2 heterocycles. The van der Waals surface area contributed by atoms with Crippen molar-refractivity contribution in [2.24, 2.45) is 0 Å². The monoisotopic (exact) mass is 243 g/mol. The van der Waals surface area contributed by atoms with Gasteiger partial charge in [0.1, 0.15) is 6.04 Å². The molecule has 0 fully saturated rings. The Morgan fingerprint density at radius 3 is 2.78 bits per heavy atom. The van der Waals surface area contributed by atoms with Crippen LogP contribution in [0.2, 0.25) is 0 Å². The summed E-state index contributed by atoms with van der Waals surface area (Å²) in [6.07, 6.45) is 8.96. The minimum atomic E-state index is -0.162. The van der Waals surface area contributed by atoms with E-state index in [0.29, 0.717) is 0 Å². The number of aromatic nitrogens is 2. The van der Waals surface area contributed by atoms with E-state index in [4.69, 9.17) is 0 Å². The van der Waals surface area contributed by atoms with Crippen molar-refractivity contribution in [1.29, 1.82) is 0 Å². The van der Waals surface area contributed by atoms with Crippen LogP contribution in [0.1, 0.15) is 25.8 Å². The highest BCUT2D eigenvalue weighted by atomic mass is 16.2. The molecule has 4 heteroatoms. The molecular formula is C14H17N3O. The molecule has 0 saturated carbocycles. The molecule has 1 N–H and O–H groups in total. The number of amides is 1. The van der Waals surface area contributed by atoms with Gasteiger partial charge in [0.15, 0.2) is 0 Å². The van der Waals surface area contributed by atoms with E-state index in [2.05, 4.69) is 17.2 Å². The lowest BCUT2D eigenvalue weighted by molar-refractivity contribution is -0.119. The zero-order chi connectivity index (χ0) is 12.8. The van der Waals surface area contributed by atoms with Gasteiger partial charge in [-0.05, 0) is 30.7 Å². The maximum atomic E-state index is 12.2. The summed E-state index contributed by atoms with van der Waals surface area (Å²) in [4.78, 5) is 16.2. The summed E-state index contributed by atoms with van der Waals surface area (Å²) in [7, 11) is 0. The first kappa shape index (κ1) is 12.4. The Labute approximate surface area is 107 Å². The molecule has 0 aliphatic heterocycles. The molecule has 0 spiro atoms. The molecule has 0 aliphatic rings. The molecule has 2 rings (SSSR count). The summed E-state index contributed by atoms with van der Waals surface area (Å²) in [6.45, 7) is 2.08. The van der Waals surface area contributed by atoms with Gasteiger partial charge in [0.2, 0.25) is 5.91 Å². The minimum absolute atomic E-state index is 0.000972. The topological polar surface area (TPSA) is 46.9 Å². The maximum absolute atomic E-state index is 12.2. The quantitative estimate of drug-likeness (QED) is 0.877. The number of nitrogens with one attached hydrogen (secondary N) is 1. The Balaban J connectivity index is 2.09. The lowest BCUT2D eigenvalue weighted by Gasteiger charge is -2.17. The number of rotatable bonds is 5. The average molecular weight is 243 g/mol. The SMILES string of the molecule is CCCC(C(=O)Nc1cccnc1)n1cccc1. The zero-order valence-corrected chi connectivity index (χ0v) is 10.4. The van der Waals surface area contributed by atoms with Crippen molar-refractivity contribution in [1.82, 2.24) is 9.55 Å². The number of carbonyl (C=O) groups excluding carboxylic acids is 1. The van der Waals surface area contributed by atoms with Crippen molar-refractivity contribution in [3.8, 4) is 0 Å². The number of hydrogen-bond acceptors (Lipinski definition) is 2. The number of hydrogen-bond donors (Lipinski definition) is 1. The van der Waals surface area contributed by atoms with Crippen molar-refractivity contribution in [3.05, 3.63) is 49.1 Å². The van der Waals surface area contributed by atoms with E-state index < -0.39 is 0 Å². The van der Waals surface area contributed by atoms with Gasteiger partial charge in [-0.2, -0.15) is 0 Å². The normalized spacial score (nSPS) is 12.1. The van der Waals surface area contributed by atoms with E-state index in [1.807, 2.05) is 35.2 Å². The molecule has 2 aromatic heterocycles. The number of carbonyl (C=O) groups is 1.